The molecule has 3 fully saturated rings. The number of aliphatic hydroxyl groups excluding tert-OH is 1. The molecule has 2 aromatic heterocycles. The number of imidazole rings is 1. The lowest BCUT2D eigenvalue weighted by Gasteiger charge is -2.31. The Hall–Kier alpha value is -4.48. The molecule has 0 spiro atoms. The Kier molecular flexibility index (Phi) is 9.89. The molecule has 276 valence electrons. The highest BCUT2D eigenvalue weighted by molar-refractivity contribution is 7.98. The van der Waals surface area contributed by atoms with Crippen molar-refractivity contribution in [3.05, 3.63) is 76.9 Å². The summed E-state index contributed by atoms with van der Waals surface area (Å²) < 4.78 is 54.5. The van der Waals surface area contributed by atoms with Gasteiger partial charge in [-0.2, -0.15) is 9.97 Å². The highest BCUT2D eigenvalue weighted by Gasteiger charge is 2.49. The fraction of sp³-hybridized carbons (Fsp3) is 0.425. The third-order valence-electron chi connectivity index (χ3n) is 10.8. The van der Waals surface area contributed by atoms with E-state index >= 15 is 4.39 Å². The Morgan fingerprint density at radius 3 is 2.62 bits per heavy atom. The number of benzene rings is 3. The zero-order chi connectivity index (χ0) is 36.7. The van der Waals surface area contributed by atoms with Crippen molar-refractivity contribution >= 4 is 33.7 Å². The van der Waals surface area contributed by atoms with Crippen LogP contribution in [0.3, 0.4) is 0 Å². The summed E-state index contributed by atoms with van der Waals surface area (Å²) in [6, 6.07) is 14.3. The molecule has 3 aromatic carbocycles. The lowest BCUT2D eigenvalue weighted by Crippen LogP contribution is -2.43. The maximum atomic E-state index is 15.2. The number of alkyl halides is 1. The van der Waals surface area contributed by atoms with Gasteiger partial charge in [0.1, 0.15) is 52.6 Å². The molecule has 5 aromatic rings. The first kappa shape index (κ1) is 35.5. The molecule has 1 saturated carbocycles. The van der Waals surface area contributed by atoms with Crippen LogP contribution < -0.4 is 14.2 Å². The minimum atomic E-state index is -1.35. The van der Waals surface area contributed by atoms with E-state index in [-0.39, 0.29) is 36.6 Å². The van der Waals surface area contributed by atoms with Crippen LogP contribution in [0.25, 0.3) is 21.9 Å². The molecule has 2 aliphatic heterocycles. The molecule has 53 heavy (non-hydrogen) atoms. The molecule has 13 heteroatoms. The predicted octanol–water partition coefficient (Wildman–Crippen LogP) is 7.15. The zero-order valence-corrected chi connectivity index (χ0v) is 30.5. The van der Waals surface area contributed by atoms with Crippen LogP contribution in [0.1, 0.15) is 73.2 Å². The molecule has 0 radical (unpaired) electrons. The van der Waals surface area contributed by atoms with E-state index in [0.29, 0.717) is 62.8 Å². The molecule has 4 heterocycles. The van der Waals surface area contributed by atoms with Crippen molar-refractivity contribution in [3.63, 3.8) is 0 Å². The van der Waals surface area contributed by atoms with Gasteiger partial charge in [0.15, 0.2) is 12.4 Å². The summed E-state index contributed by atoms with van der Waals surface area (Å²) in [5, 5.41) is 14.0. The summed E-state index contributed by atoms with van der Waals surface area (Å²) in [4.78, 5) is 17.0. The second-order valence-corrected chi connectivity index (χ2v) is 15.0. The standard InChI is InChI=1S/C40H41F2N5O5S/c1-4-30-32(42)14-11-25-17-29(52-23-49-2)18-31(33(25)30)35(48)37-43-36-34(47(37)27-7-5-8-27)38(53-21-24-9-12-28(50-3)13-10-24)45-39(44-36)51-22-40-15-6-16-46(40)20-26(41)19-40/h1,9-14,17-18,26-27,35,48H,5-8,15-16,19-23H2,2-3H3/t26-,35?,40+/m1/s1. The maximum absolute atomic E-state index is 15.2. The van der Waals surface area contributed by atoms with Crippen LogP contribution in [0.4, 0.5) is 8.78 Å². The van der Waals surface area contributed by atoms with Crippen molar-refractivity contribution in [2.24, 2.45) is 0 Å². The Morgan fingerprint density at radius 1 is 1.06 bits per heavy atom. The van der Waals surface area contributed by atoms with Crippen LogP contribution in [0, 0.1) is 18.2 Å². The van der Waals surface area contributed by atoms with Crippen LogP contribution in [-0.2, 0) is 10.5 Å². The lowest BCUT2D eigenvalue weighted by atomic mass is 9.91. The largest absolute Gasteiger partial charge is 0.497 e. The van der Waals surface area contributed by atoms with Gasteiger partial charge in [0.25, 0.3) is 0 Å². The number of hydrogen-bond acceptors (Lipinski definition) is 10. The third kappa shape index (κ3) is 6.67. The van der Waals surface area contributed by atoms with Gasteiger partial charge in [0.05, 0.1) is 18.2 Å². The Morgan fingerprint density at radius 2 is 1.89 bits per heavy atom. The highest BCUT2D eigenvalue weighted by Crippen LogP contribution is 2.44. The van der Waals surface area contributed by atoms with E-state index in [1.54, 1.807) is 25.3 Å². The predicted molar refractivity (Wildman–Crippen MR) is 198 cm³/mol. The first-order valence-electron chi connectivity index (χ1n) is 17.9. The fourth-order valence-corrected chi connectivity index (χ4v) is 8.98. The van der Waals surface area contributed by atoms with Crippen molar-refractivity contribution in [1.82, 2.24) is 24.4 Å². The monoisotopic (exact) mass is 741 g/mol. The Labute approximate surface area is 310 Å². The summed E-state index contributed by atoms with van der Waals surface area (Å²) >= 11 is 1.52. The lowest BCUT2D eigenvalue weighted by molar-refractivity contribution is 0.0510. The first-order chi connectivity index (χ1) is 25.8. The van der Waals surface area contributed by atoms with E-state index in [0.717, 1.165) is 50.0 Å². The van der Waals surface area contributed by atoms with Crippen LogP contribution in [0.15, 0.2) is 53.6 Å². The number of aromatic nitrogens is 4. The van der Waals surface area contributed by atoms with E-state index < -0.39 is 18.1 Å². The molecule has 2 saturated heterocycles. The van der Waals surface area contributed by atoms with Gasteiger partial charge in [-0.05, 0) is 79.9 Å². The summed E-state index contributed by atoms with van der Waals surface area (Å²) in [6.07, 6.45) is 8.63. The zero-order valence-electron chi connectivity index (χ0n) is 29.7. The molecule has 1 unspecified atom stereocenters. The molecular weight excluding hydrogens is 701 g/mol. The van der Waals surface area contributed by atoms with Gasteiger partial charge in [-0.15, -0.1) is 6.42 Å². The Balaban J connectivity index is 1.25. The number of fused-ring (bicyclic) bond motifs is 3. The van der Waals surface area contributed by atoms with Crippen LogP contribution in [-0.4, -0.2) is 81.9 Å². The number of terminal acetylenes is 1. The van der Waals surface area contributed by atoms with Crippen LogP contribution in [0.2, 0.25) is 0 Å². The molecule has 1 N–H and O–H groups in total. The number of ether oxygens (including phenoxy) is 4. The topological polar surface area (TPSA) is 104 Å². The van der Waals surface area contributed by atoms with Crippen molar-refractivity contribution in [2.75, 3.05) is 40.7 Å². The number of thioether (sulfide) groups is 1. The van der Waals surface area contributed by atoms with Crippen molar-refractivity contribution in [1.29, 1.82) is 0 Å². The molecule has 10 nitrogen and oxygen atoms in total. The van der Waals surface area contributed by atoms with Crippen LogP contribution in [0.5, 0.6) is 17.5 Å². The fourth-order valence-electron chi connectivity index (χ4n) is 8.01. The number of hydrogen-bond donors (Lipinski definition) is 1. The van der Waals surface area contributed by atoms with Gasteiger partial charge < -0.3 is 28.6 Å². The SMILES string of the molecule is C#Cc1c(F)ccc2cc(OCOC)cc(C(O)c3nc4nc(OC[C@@]56CCCN5C[C@H](F)C6)nc(SCc5ccc(OC)cc5)c4n3C3CCC3)c12. The van der Waals surface area contributed by atoms with E-state index in [2.05, 4.69) is 10.8 Å². The number of rotatable bonds is 13. The average molecular weight is 742 g/mol. The second kappa shape index (κ2) is 14.7. The smallest absolute Gasteiger partial charge is 0.319 e. The van der Waals surface area contributed by atoms with E-state index in [4.69, 9.17) is 40.3 Å². The molecule has 3 atom stereocenters. The van der Waals surface area contributed by atoms with Crippen molar-refractivity contribution in [3.8, 4) is 29.9 Å². The van der Waals surface area contributed by atoms with Crippen molar-refractivity contribution < 1.29 is 32.8 Å². The van der Waals surface area contributed by atoms with Crippen LogP contribution >= 0.6 is 11.8 Å². The minimum absolute atomic E-state index is 0.0225. The first-order valence-corrected chi connectivity index (χ1v) is 18.9. The summed E-state index contributed by atoms with van der Waals surface area (Å²) in [5.74, 6) is 4.01. The quantitative estimate of drug-likeness (QED) is 0.0580. The Bertz CT molecular complexity index is 2190. The summed E-state index contributed by atoms with van der Waals surface area (Å²) in [7, 11) is 3.15. The maximum Gasteiger partial charge on any atom is 0.319 e. The van der Waals surface area contributed by atoms with Gasteiger partial charge in [0, 0.05) is 42.8 Å². The number of aliphatic hydroxyl groups is 1. The average Bonchev–Trinajstić information content (AvgIpc) is 3.81. The van der Waals surface area contributed by atoms with Gasteiger partial charge in [-0.3, -0.25) is 4.90 Å². The second-order valence-electron chi connectivity index (χ2n) is 14.0. The molecule has 8 rings (SSSR count). The number of halogens is 2. The number of methoxy groups -OCH3 is 2. The van der Waals surface area contributed by atoms with E-state index in [1.807, 2.05) is 28.8 Å². The van der Waals surface area contributed by atoms with E-state index in [1.165, 1.54) is 24.9 Å². The van der Waals surface area contributed by atoms with Gasteiger partial charge in [-0.25, -0.2) is 13.8 Å². The minimum Gasteiger partial charge on any atom is -0.497 e. The van der Waals surface area contributed by atoms with Gasteiger partial charge in [0.2, 0.25) is 0 Å². The normalized spacial score (nSPS) is 20.7. The molecule has 3 aliphatic rings. The summed E-state index contributed by atoms with van der Waals surface area (Å²) in [5.41, 5.74) is 2.10. The summed E-state index contributed by atoms with van der Waals surface area (Å²) in [6.45, 7) is 1.50. The molecule has 1 aliphatic carbocycles. The highest BCUT2D eigenvalue weighted by atomic mass is 32.2. The molecule has 0 bridgehead atoms. The molecular formula is C40H41F2N5O5S. The van der Waals surface area contributed by atoms with Crippen molar-refractivity contribution in [2.45, 2.75) is 73.2 Å². The number of nitrogens with zero attached hydrogens (tertiary/aromatic N) is 5. The van der Waals surface area contributed by atoms with E-state index in [9.17, 15) is 9.50 Å². The van der Waals surface area contributed by atoms with Gasteiger partial charge in [-0.1, -0.05) is 35.9 Å². The van der Waals surface area contributed by atoms with Gasteiger partial charge >= 0.3 is 6.01 Å². The third-order valence-corrected chi connectivity index (χ3v) is 11.9. The molecule has 0 amide bonds.